The Morgan fingerprint density at radius 2 is 1.92 bits per heavy atom. The lowest BCUT2D eigenvalue weighted by Crippen LogP contribution is -2.18. The summed E-state index contributed by atoms with van der Waals surface area (Å²) in [4.78, 5) is 4.71. The van der Waals surface area contributed by atoms with Crippen LogP contribution in [0.3, 0.4) is 0 Å². The number of thiazole rings is 1. The van der Waals surface area contributed by atoms with E-state index in [0.29, 0.717) is 6.54 Å². The van der Waals surface area contributed by atoms with Gasteiger partial charge in [-0.15, -0.1) is 11.3 Å². The fraction of sp³-hybridized carbons (Fsp3) is 0.211. The van der Waals surface area contributed by atoms with E-state index in [0.717, 1.165) is 32.6 Å². The maximum absolute atomic E-state index is 6.25. The summed E-state index contributed by atoms with van der Waals surface area (Å²) in [5, 5.41) is 7.37. The molecule has 5 heteroatoms. The molecule has 0 aliphatic rings. The topological polar surface area (TPSA) is 34.1 Å². The predicted molar refractivity (Wildman–Crippen MR) is 101 cm³/mol. The van der Waals surface area contributed by atoms with Crippen LogP contribution in [0.1, 0.15) is 24.2 Å². The van der Waals surface area contributed by atoms with Gasteiger partial charge in [0.05, 0.1) is 12.8 Å². The van der Waals surface area contributed by atoms with Crippen LogP contribution < -0.4 is 10.1 Å². The van der Waals surface area contributed by atoms with Crippen LogP contribution >= 0.6 is 22.9 Å². The van der Waals surface area contributed by atoms with Gasteiger partial charge in [-0.3, -0.25) is 0 Å². The minimum absolute atomic E-state index is 0.171. The highest BCUT2D eigenvalue weighted by atomic mass is 35.5. The second kappa shape index (κ2) is 7.79. The monoisotopic (exact) mass is 358 g/mol. The molecule has 0 saturated heterocycles. The van der Waals surface area contributed by atoms with Crippen molar-refractivity contribution in [2.45, 2.75) is 19.5 Å². The van der Waals surface area contributed by atoms with E-state index in [-0.39, 0.29) is 6.04 Å². The van der Waals surface area contributed by atoms with E-state index < -0.39 is 0 Å². The molecule has 124 valence electrons. The molecule has 1 N–H and O–H groups in total. The van der Waals surface area contributed by atoms with Crippen LogP contribution in [-0.4, -0.2) is 12.1 Å². The van der Waals surface area contributed by atoms with Crippen molar-refractivity contribution >= 4 is 22.9 Å². The summed E-state index contributed by atoms with van der Waals surface area (Å²) >= 11 is 7.89. The van der Waals surface area contributed by atoms with Gasteiger partial charge >= 0.3 is 0 Å². The number of ether oxygens (including phenoxy) is 1. The molecule has 0 aliphatic carbocycles. The third-order valence-corrected chi connectivity index (χ3v) is 5.13. The zero-order valence-corrected chi connectivity index (χ0v) is 15.2. The van der Waals surface area contributed by atoms with Crippen LogP contribution in [-0.2, 0) is 6.54 Å². The van der Waals surface area contributed by atoms with Gasteiger partial charge in [-0.2, -0.15) is 0 Å². The summed E-state index contributed by atoms with van der Waals surface area (Å²) in [5.74, 6) is 0.853. The van der Waals surface area contributed by atoms with Gasteiger partial charge in [0.1, 0.15) is 10.8 Å². The Hall–Kier alpha value is -1.88. The van der Waals surface area contributed by atoms with E-state index in [1.807, 2.05) is 48.5 Å². The summed E-state index contributed by atoms with van der Waals surface area (Å²) < 4.78 is 5.19. The number of aromatic nitrogens is 1. The first-order valence-corrected chi connectivity index (χ1v) is 9.00. The van der Waals surface area contributed by atoms with Crippen molar-refractivity contribution in [3.8, 4) is 16.3 Å². The van der Waals surface area contributed by atoms with Crippen molar-refractivity contribution < 1.29 is 4.74 Å². The maximum Gasteiger partial charge on any atom is 0.123 e. The highest BCUT2D eigenvalue weighted by Gasteiger charge is 2.10. The van der Waals surface area contributed by atoms with Gasteiger partial charge in [0, 0.05) is 28.6 Å². The fourth-order valence-electron chi connectivity index (χ4n) is 2.45. The molecule has 1 heterocycles. The third kappa shape index (κ3) is 3.96. The van der Waals surface area contributed by atoms with Gasteiger partial charge in [0.25, 0.3) is 0 Å². The Labute approximate surface area is 151 Å². The molecule has 1 atom stereocenters. The van der Waals surface area contributed by atoms with Crippen molar-refractivity contribution in [1.82, 2.24) is 10.3 Å². The Morgan fingerprint density at radius 3 is 2.62 bits per heavy atom. The molecule has 3 rings (SSSR count). The van der Waals surface area contributed by atoms with E-state index in [4.69, 9.17) is 21.3 Å². The van der Waals surface area contributed by atoms with Crippen LogP contribution in [0.25, 0.3) is 10.6 Å². The molecule has 1 unspecified atom stereocenters. The van der Waals surface area contributed by atoms with Crippen LogP contribution in [0.5, 0.6) is 5.75 Å². The van der Waals surface area contributed by atoms with Gasteiger partial charge in [0.15, 0.2) is 0 Å². The standard InChI is InChI=1S/C19H19ClN2OS/c1-13(17-5-3-4-6-18(17)20)21-11-15-12-24-19(22-15)14-7-9-16(23-2)10-8-14/h3-10,12-13,21H,11H2,1-2H3. The molecular weight excluding hydrogens is 340 g/mol. The smallest absolute Gasteiger partial charge is 0.123 e. The Morgan fingerprint density at radius 1 is 1.17 bits per heavy atom. The normalized spacial score (nSPS) is 12.1. The molecule has 0 saturated carbocycles. The average Bonchev–Trinajstić information content (AvgIpc) is 3.09. The first kappa shape index (κ1) is 17.0. The largest absolute Gasteiger partial charge is 0.497 e. The molecule has 0 bridgehead atoms. The van der Waals surface area contributed by atoms with E-state index in [1.165, 1.54) is 0 Å². The summed E-state index contributed by atoms with van der Waals surface area (Å²) in [6, 6.07) is 16.0. The minimum atomic E-state index is 0.171. The second-order valence-electron chi connectivity index (χ2n) is 5.50. The Bertz CT molecular complexity index is 801. The zero-order chi connectivity index (χ0) is 16.9. The molecular formula is C19H19ClN2OS. The molecule has 3 aromatic rings. The summed E-state index contributed by atoms with van der Waals surface area (Å²) in [6.45, 7) is 2.82. The SMILES string of the molecule is COc1ccc(-c2nc(CNC(C)c3ccccc3Cl)cs2)cc1. The molecule has 2 aromatic carbocycles. The van der Waals surface area contributed by atoms with E-state index in [2.05, 4.69) is 17.6 Å². The van der Waals surface area contributed by atoms with E-state index >= 15 is 0 Å². The molecule has 0 spiro atoms. The lowest BCUT2D eigenvalue weighted by molar-refractivity contribution is 0.415. The number of hydrogen-bond acceptors (Lipinski definition) is 4. The molecule has 0 fully saturated rings. The van der Waals surface area contributed by atoms with Crippen molar-refractivity contribution in [1.29, 1.82) is 0 Å². The van der Waals surface area contributed by atoms with Crippen molar-refractivity contribution in [2.75, 3.05) is 7.11 Å². The zero-order valence-electron chi connectivity index (χ0n) is 13.6. The molecule has 1 aromatic heterocycles. The lowest BCUT2D eigenvalue weighted by atomic mass is 10.1. The van der Waals surface area contributed by atoms with Gasteiger partial charge in [0.2, 0.25) is 0 Å². The predicted octanol–water partition coefficient (Wildman–Crippen LogP) is 5.32. The molecule has 0 radical (unpaired) electrons. The van der Waals surface area contributed by atoms with Crippen molar-refractivity contribution in [3.05, 3.63) is 70.2 Å². The third-order valence-electron chi connectivity index (χ3n) is 3.85. The molecule has 24 heavy (non-hydrogen) atoms. The quantitative estimate of drug-likeness (QED) is 0.647. The Kier molecular flexibility index (Phi) is 5.51. The summed E-state index contributed by atoms with van der Waals surface area (Å²) in [6.07, 6.45) is 0. The van der Waals surface area contributed by atoms with Gasteiger partial charge in [-0.05, 0) is 42.8 Å². The number of hydrogen-bond donors (Lipinski definition) is 1. The van der Waals surface area contributed by atoms with Crippen molar-refractivity contribution in [2.24, 2.45) is 0 Å². The maximum atomic E-state index is 6.25. The first-order chi connectivity index (χ1) is 11.7. The van der Waals surface area contributed by atoms with E-state index in [1.54, 1.807) is 18.4 Å². The van der Waals surface area contributed by atoms with E-state index in [9.17, 15) is 0 Å². The number of methoxy groups -OCH3 is 1. The fourth-order valence-corrected chi connectivity index (χ4v) is 3.57. The van der Waals surface area contributed by atoms with Crippen LogP contribution in [0.4, 0.5) is 0 Å². The highest BCUT2D eigenvalue weighted by molar-refractivity contribution is 7.13. The number of nitrogens with zero attached hydrogens (tertiary/aromatic N) is 1. The Balaban J connectivity index is 1.64. The average molecular weight is 359 g/mol. The summed E-state index contributed by atoms with van der Waals surface area (Å²) in [7, 11) is 1.67. The number of nitrogens with one attached hydrogen (secondary N) is 1. The van der Waals surface area contributed by atoms with Gasteiger partial charge in [-0.25, -0.2) is 4.98 Å². The number of benzene rings is 2. The molecule has 0 aliphatic heterocycles. The van der Waals surface area contributed by atoms with Crippen LogP contribution in [0.15, 0.2) is 53.9 Å². The summed E-state index contributed by atoms with van der Waals surface area (Å²) in [5.41, 5.74) is 3.24. The molecule has 0 amide bonds. The first-order valence-electron chi connectivity index (χ1n) is 7.74. The van der Waals surface area contributed by atoms with Crippen LogP contribution in [0.2, 0.25) is 5.02 Å². The number of rotatable bonds is 6. The minimum Gasteiger partial charge on any atom is -0.497 e. The lowest BCUT2D eigenvalue weighted by Gasteiger charge is -2.14. The van der Waals surface area contributed by atoms with Gasteiger partial charge in [-0.1, -0.05) is 29.8 Å². The van der Waals surface area contributed by atoms with Crippen LogP contribution in [0, 0.1) is 0 Å². The van der Waals surface area contributed by atoms with Gasteiger partial charge < -0.3 is 10.1 Å². The second-order valence-corrected chi connectivity index (χ2v) is 6.76. The molecule has 3 nitrogen and oxygen atoms in total. The highest BCUT2D eigenvalue weighted by Crippen LogP contribution is 2.26. The number of halogens is 1. The van der Waals surface area contributed by atoms with Crippen molar-refractivity contribution in [3.63, 3.8) is 0 Å².